The van der Waals surface area contributed by atoms with Gasteiger partial charge in [-0.3, -0.25) is 4.99 Å². The van der Waals surface area contributed by atoms with Crippen LogP contribution in [0.4, 0.5) is 0 Å². The van der Waals surface area contributed by atoms with Crippen LogP contribution < -0.4 is 0 Å². The summed E-state index contributed by atoms with van der Waals surface area (Å²) in [6.07, 6.45) is 8.48. The van der Waals surface area contributed by atoms with Gasteiger partial charge in [0.05, 0.1) is 6.04 Å². The topological polar surface area (TPSA) is 41.9 Å². The fourth-order valence-electron chi connectivity index (χ4n) is 7.50. The van der Waals surface area contributed by atoms with E-state index in [0.29, 0.717) is 5.92 Å². The van der Waals surface area contributed by atoms with E-state index in [4.69, 9.17) is 13.8 Å². The summed E-state index contributed by atoms with van der Waals surface area (Å²) in [7, 11) is 0. The predicted octanol–water partition coefficient (Wildman–Crippen LogP) is 9.31. The minimum atomic E-state index is -0.157. The molecule has 42 heavy (non-hydrogen) atoms. The zero-order valence-electron chi connectivity index (χ0n) is 22.6. The second-order valence-electron chi connectivity index (χ2n) is 11.5. The molecule has 2 aliphatic heterocycles. The third-order valence-electron chi connectivity index (χ3n) is 9.45. The molecule has 3 unspecified atom stereocenters. The zero-order valence-corrected chi connectivity index (χ0v) is 22.6. The van der Waals surface area contributed by atoms with Gasteiger partial charge < -0.3 is 13.7 Å². The molecule has 0 amide bonds. The first-order chi connectivity index (χ1) is 20.8. The summed E-state index contributed by atoms with van der Waals surface area (Å²) < 4.78 is 12.5. The summed E-state index contributed by atoms with van der Waals surface area (Å²) in [5, 5.41) is 4.36. The number of hydrogen-bond acceptors (Lipinski definition) is 4. The molecule has 4 heteroatoms. The van der Waals surface area contributed by atoms with E-state index < -0.39 is 0 Å². The van der Waals surface area contributed by atoms with Crippen LogP contribution in [-0.4, -0.2) is 16.8 Å². The van der Waals surface area contributed by atoms with Crippen LogP contribution in [0, 0.1) is 0 Å². The molecular weight excluding hydrogens is 516 g/mol. The van der Waals surface area contributed by atoms with Gasteiger partial charge in [-0.2, -0.15) is 0 Å². The van der Waals surface area contributed by atoms with Gasteiger partial charge in [0.25, 0.3) is 0 Å². The van der Waals surface area contributed by atoms with Crippen molar-refractivity contribution in [2.45, 2.75) is 17.5 Å². The van der Waals surface area contributed by atoms with Gasteiger partial charge >= 0.3 is 0 Å². The number of benzene rings is 5. The molecule has 0 bridgehead atoms. The van der Waals surface area contributed by atoms with E-state index in [1.165, 1.54) is 22.3 Å². The normalized spacial score (nSPS) is 22.3. The van der Waals surface area contributed by atoms with Crippen LogP contribution in [0.25, 0.3) is 55.0 Å². The van der Waals surface area contributed by atoms with E-state index in [0.717, 1.165) is 49.7 Å². The lowest BCUT2D eigenvalue weighted by molar-refractivity contribution is 0.388. The number of furan rings is 2. The minimum Gasteiger partial charge on any atom is -0.456 e. The minimum absolute atomic E-state index is 0.157. The molecule has 5 aromatic carbocycles. The van der Waals surface area contributed by atoms with Gasteiger partial charge in [0.2, 0.25) is 0 Å². The third-order valence-corrected chi connectivity index (χ3v) is 9.45. The lowest BCUT2D eigenvalue weighted by atomic mass is 9.95. The van der Waals surface area contributed by atoms with Gasteiger partial charge in [0.1, 0.15) is 33.7 Å². The molecule has 0 N–H and O–H groups in total. The fourth-order valence-corrected chi connectivity index (χ4v) is 7.50. The Balaban J connectivity index is 1.04. The first-order valence-corrected chi connectivity index (χ1v) is 14.4. The van der Waals surface area contributed by atoms with Crippen molar-refractivity contribution < 1.29 is 8.83 Å². The highest BCUT2D eigenvalue weighted by Crippen LogP contribution is 2.67. The predicted molar refractivity (Wildman–Crippen MR) is 169 cm³/mol. The Bertz CT molecular complexity index is 2320. The Labute approximate surface area is 241 Å². The highest BCUT2D eigenvalue weighted by atomic mass is 16.3. The van der Waals surface area contributed by atoms with Crippen molar-refractivity contribution in [2.75, 3.05) is 0 Å². The lowest BCUT2D eigenvalue weighted by Crippen LogP contribution is -2.35. The van der Waals surface area contributed by atoms with Crippen molar-refractivity contribution in [1.29, 1.82) is 0 Å². The van der Waals surface area contributed by atoms with Crippen molar-refractivity contribution in [3.8, 4) is 11.1 Å². The SMILES string of the molecule is C1=CC2=NC3C(c4ccc(-c5ccc6oc7cc8c(cc7c6c5)oc5ccccc58)cc4)C3(c3ccccc3)N2C=C1. The second kappa shape index (κ2) is 7.89. The second-order valence-corrected chi connectivity index (χ2v) is 11.5. The van der Waals surface area contributed by atoms with Crippen molar-refractivity contribution >= 4 is 49.7 Å². The van der Waals surface area contributed by atoms with Crippen LogP contribution in [0.3, 0.4) is 0 Å². The van der Waals surface area contributed by atoms with Crippen LogP contribution >= 0.6 is 0 Å². The number of amidine groups is 1. The van der Waals surface area contributed by atoms with Crippen LogP contribution in [-0.2, 0) is 5.54 Å². The number of para-hydroxylation sites is 1. The Kier molecular flexibility index (Phi) is 4.20. The molecule has 2 aromatic heterocycles. The number of aliphatic imine (C=N–C) groups is 1. The molecule has 7 aromatic rings. The van der Waals surface area contributed by atoms with Gasteiger partial charge in [0.15, 0.2) is 0 Å². The number of allylic oxidation sites excluding steroid dienone is 2. The smallest absolute Gasteiger partial charge is 0.136 e. The van der Waals surface area contributed by atoms with E-state index in [2.05, 4.69) is 120 Å². The summed E-state index contributed by atoms with van der Waals surface area (Å²) in [5.74, 6) is 1.36. The fraction of sp³-hybridized carbons (Fsp3) is 0.0789. The third kappa shape index (κ3) is 2.83. The molecule has 0 spiro atoms. The first kappa shape index (κ1) is 22.4. The number of rotatable bonds is 3. The van der Waals surface area contributed by atoms with E-state index in [-0.39, 0.29) is 11.6 Å². The maximum absolute atomic E-state index is 6.30. The van der Waals surface area contributed by atoms with Crippen LogP contribution in [0.2, 0.25) is 0 Å². The highest BCUT2D eigenvalue weighted by Gasteiger charge is 2.73. The summed E-state index contributed by atoms with van der Waals surface area (Å²) in [6, 6.07) is 39.0. The van der Waals surface area contributed by atoms with E-state index in [1.807, 2.05) is 18.2 Å². The summed E-state index contributed by atoms with van der Waals surface area (Å²) in [6.45, 7) is 0. The molecule has 0 radical (unpaired) electrons. The monoisotopic (exact) mass is 540 g/mol. The van der Waals surface area contributed by atoms with Crippen molar-refractivity contribution in [3.63, 3.8) is 0 Å². The summed E-state index contributed by atoms with van der Waals surface area (Å²) >= 11 is 0. The Morgan fingerprint density at radius 1 is 0.595 bits per heavy atom. The molecule has 198 valence electrons. The Hall–Kier alpha value is -5.35. The average molecular weight is 541 g/mol. The van der Waals surface area contributed by atoms with Crippen molar-refractivity contribution in [2.24, 2.45) is 4.99 Å². The number of fused-ring (bicyclic) bond motifs is 9. The molecular formula is C38H24N2O2. The maximum Gasteiger partial charge on any atom is 0.136 e. The van der Waals surface area contributed by atoms with Gasteiger partial charge in [-0.1, -0.05) is 84.9 Å². The Morgan fingerprint density at radius 2 is 1.29 bits per heavy atom. The van der Waals surface area contributed by atoms with Gasteiger partial charge in [-0.25, -0.2) is 0 Å². The quantitative estimate of drug-likeness (QED) is 0.224. The van der Waals surface area contributed by atoms with E-state index in [9.17, 15) is 0 Å². The molecule has 4 heterocycles. The lowest BCUT2D eigenvalue weighted by Gasteiger charge is -2.30. The van der Waals surface area contributed by atoms with Crippen LogP contribution in [0.1, 0.15) is 17.0 Å². The molecule has 1 aliphatic carbocycles. The van der Waals surface area contributed by atoms with Crippen LogP contribution in [0.15, 0.2) is 147 Å². The van der Waals surface area contributed by atoms with Crippen LogP contribution in [0.5, 0.6) is 0 Å². The van der Waals surface area contributed by atoms with Crippen molar-refractivity contribution in [3.05, 3.63) is 145 Å². The summed E-state index contributed by atoms with van der Waals surface area (Å²) in [5.41, 5.74) is 8.38. The standard InChI is InChI=1S/C38H24N2O2/c1-2-8-26(9-3-1)38-36(37(38)39-35-12-6-7-19-40(35)38)24-15-13-23(14-16-24)25-17-18-32-28(20-25)30-22-33-29(21-34(30)42-32)27-10-4-5-11-31(27)41-33/h1-22,36-37H. The highest BCUT2D eigenvalue weighted by molar-refractivity contribution is 6.15. The zero-order chi connectivity index (χ0) is 27.4. The number of nitrogens with zero attached hydrogens (tertiary/aromatic N) is 2. The van der Waals surface area contributed by atoms with Gasteiger partial charge in [0, 0.05) is 33.7 Å². The molecule has 3 aliphatic rings. The molecule has 10 rings (SSSR count). The van der Waals surface area contributed by atoms with Gasteiger partial charge in [-0.05, 0) is 64.7 Å². The molecule has 4 nitrogen and oxygen atoms in total. The van der Waals surface area contributed by atoms with Gasteiger partial charge in [-0.15, -0.1) is 0 Å². The maximum atomic E-state index is 6.30. The summed E-state index contributed by atoms with van der Waals surface area (Å²) in [4.78, 5) is 7.53. The largest absolute Gasteiger partial charge is 0.456 e. The average Bonchev–Trinajstić information content (AvgIpc) is 3.28. The number of hydrogen-bond donors (Lipinski definition) is 0. The molecule has 1 fully saturated rings. The van der Waals surface area contributed by atoms with E-state index >= 15 is 0 Å². The first-order valence-electron chi connectivity index (χ1n) is 14.4. The van der Waals surface area contributed by atoms with Crippen molar-refractivity contribution in [1.82, 2.24) is 4.90 Å². The molecule has 3 atom stereocenters. The molecule has 1 saturated carbocycles. The Morgan fingerprint density at radius 3 is 2.12 bits per heavy atom. The van der Waals surface area contributed by atoms with E-state index in [1.54, 1.807) is 0 Å². The molecule has 0 saturated heterocycles.